The van der Waals surface area contributed by atoms with E-state index in [0.717, 1.165) is 11.6 Å². The molecule has 2 nitrogen and oxygen atoms in total. The maximum atomic E-state index is 13.1. The summed E-state index contributed by atoms with van der Waals surface area (Å²) in [5, 5.41) is 12.2. The zero-order valence-electron chi connectivity index (χ0n) is 11.7. The van der Waals surface area contributed by atoms with Crippen LogP contribution in [0.25, 0.3) is 0 Å². The average Bonchev–Trinajstić information content (AvgIpc) is 2.46. The third kappa shape index (κ3) is 4.37. The molecule has 0 aliphatic carbocycles. The molecule has 1 unspecified atom stereocenters. The molecular formula is C17H16F2N2. The number of nitrogens with zero attached hydrogens (tertiary/aromatic N) is 1. The molecule has 1 atom stereocenters. The van der Waals surface area contributed by atoms with E-state index >= 15 is 0 Å². The Morgan fingerprint density at radius 1 is 1.14 bits per heavy atom. The number of hydrogen-bond acceptors (Lipinski definition) is 2. The number of nitrogens with one attached hydrogen (secondary N) is 1. The lowest BCUT2D eigenvalue weighted by Crippen LogP contribution is -2.21. The van der Waals surface area contributed by atoms with Crippen LogP contribution in [0.1, 0.15) is 29.7 Å². The van der Waals surface area contributed by atoms with Crippen molar-refractivity contribution in [1.82, 2.24) is 5.32 Å². The Labute approximate surface area is 123 Å². The summed E-state index contributed by atoms with van der Waals surface area (Å²) >= 11 is 0. The molecule has 0 heterocycles. The van der Waals surface area contributed by atoms with E-state index in [1.165, 1.54) is 12.1 Å². The Kier molecular flexibility index (Phi) is 5.02. The van der Waals surface area contributed by atoms with E-state index in [-0.39, 0.29) is 6.04 Å². The van der Waals surface area contributed by atoms with Gasteiger partial charge in [0.25, 0.3) is 0 Å². The Morgan fingerprint density at radius 3 is 2.52 bits per heavy atom. The first-order chi connectivity index (χ1) is 10.1. The number of rotatable bonds is 5. The fraction of sp³-hybridized carbons (Fsp3) is 0.235. The number of hydrogen-bond donors (Lipinski definition) is 1. The third-order valence-corrected chi connectivity index (χ3v) is 3.30. The van der Waals surface area contributed by atoms with E-state index in [1.54, 1.807) is 6.07 Å². The molecule has 0 fully saturated rings. The maximum Gasteiger partial charge on any atom is 0.126 e. The SMILES string of the molecule is CC(NCCc1cc(F)cc(F)c1)c1cccc(C#N)c1. The van der Waals surface area contributed by atoms with Gasteiger partial charge in [-0.1, -0.05) is 12.1 Å². The molecular weight excluding hydrogens is 270 g/mol. The Morgan fingerprint density at radius 2 is 1.86 bits per heavy atom. The molecule has 0 spiro atoms. The molecule has 0 aliphatic heterocycles. The molecule has 0 amide bonds. The van der Waals surface area contributed by atoms with E-state index in [4.69, 9.17) is 5.26 Å². The van der Waals surface area contributed by atoms with Gasteiger partial charge < -0.3 is 5.32 Å². The van der Waals surface area contributed by atoms with E-state index in [2.05, 4.69) is 11.4 Å². The predicted molar refractivity (Wildman–Crippen MR) is 77.6 cm³/mol. The third-order valence-electron chi connectivity index (χ3n) is 3.30. The summed E-state index contributed by atoms with van der Waals surface area (Å²) in [7, 11) is 0. The van der Waals surface area contributed by atoms with Gasteiger partial charge in [0.15, 0.2) is 0 Å². The molecule has 0 saturated heterocycles. The van der Waals surface area contributed by atoms with Crippen molar-refractivity contribution < 1.29 is 8.78 Å². The summed E-state index contributed by atoms with van der Waals surface area (Å²) in [5.74, 6) is -1.11. The summed E-state index contributed by atoms with van der Waals surface area (Å²) in [6.07, 6.45) is 0.539. The van der Waals surface area contributed by atoms with E-state index < -0.39 is 11.6 Å². The van der Waals surface area contributed by atoms with Crippen molar-refractivity contribution in [3.8, 4) is 6.07 Å². The first-order valence-electron chi connectivity index (χ1n) is 6.77. The quantitative estimate of drug-likeness (QED) is 0.909. The van der Waals surface area contributed by atoms with Gasteiger partial charge in [-0.15, -0.1) is 0 Å². The fourth-order valence-corrected chi connectivity index (χ4v) is 2.18. The van der Waals surface area contributed by atoms with E-state index in [1.807, 2.05) is 25.1 Å². The lowest BCUT2D eigenvalue weighted by atomic mass is 10.1. The minimum atomic E-state index is -0.556. The monoisotopic (exact) mass is 286 g/mol. The van der Waals surface area contributed by atoms with Crippen LogP contribution in [0.5, 0.6) is 0 Å². The van der Waals surface area contributed by atoms with Crippen LogP contribution < -0.4 is 5.32 Å². The molecule has 1 N–H and O–H groups in total. The topological polar surface area (TPSA) is 35.8 Å². The average molecular weight is 286 g/mol. The maximum absolute atomic E-state index is 13.1. The summed E-state index contributed by atoms with van der Waals surface area (Å²) in [4.78, 5) is 0. The second-order valence-corrected chi connectivity index (χ2v) is 4.94. The molecule has 108 valence electrons. The number of benzene rings is 2. The lowest BCUT2D eigenvalue weighted by molar-refractivity contribution is 0.563. The van der Waals surface area contributed by atoms with Crippen LogP contribution in [0.15, 0.2) is 42.5 Å². The second-order valence-electron chi connectivity index (χ2n) is 4.94. The molecule has 0 bridgehead atoms. The van der Waals surface area contributed by atoms with Crippen LogP contribution >= 0.6 is 0 Å². The summed E-state index contributed by atoms with van der Waals surface area (Å²) in [6.45, 7) is 2.59. The van der Waals surface area contributed by atoms with E-state index in [0.29, 0.717) is 24.1 Å². The van der Waals surface area contributed by atoms with Crippen molar-refractivity contribution in [3.63, 3.8) is 0 Å². The van der Waals surface area contributed by atoms with Gasteiger partial charge in [0.05, 0.1) is 11.6 Å². The molecule has 2 aromatic rings. The van der Waals surface area contributed by atoms with Crippen molar-refractivity contribution in [2.45, 2.75) is 19.4 Å². The van der Waals surface area contributed by atoms with Crippen LogP contribution in [0.4, 0.5) is 8.78 Å². The zero-order chi connectivity index (χ0) is 15.2. The van der Waals surface area contributed by atoms with Crippen LogP contribution in [0, 0.1) is 23.0 Å². The van der Waals surface area contributed by atoms with Gasteiger partial charge in [0.2, 0.25) is 0 Å². The highest BCUT2D eigenvalue weighted by Crippen LogP contribution is 2.14. The second kappa shape index (κ2) is 6.96. The molecule has 0 aliphatic rings. The smallest absolute Gasteiger partial charge is 0.126 e. The largest absolute Gasteiger partial charge is 0.310 e. The minimum Gasteiger partial charge on any atom is -0.310 e. The normalized spacial score (nSPS) is 11.9. The molecule has 21 heavy (non-hydrogen) atoms. The van der Waals surface area contributed by atoms with Crippen molar-refractivity contribution in [3.05, 3.63) is 70.8 Å². The van der Waals surface area contributed by atoms with Gasteiger partial charge >= 0.3 is 0 Å². The number of nitriles is 1. The predicted octanol–water partition coefficient (Wildman–Crippen LogP) is 3.73. The van der Waals surface area contributed by atoms with Crippen LogP contribution in [-0.4, -0.2) is 6.54 Å². The first kappa shape index (κ1) is 15.1. The molecule has 2 rings (SSSR count). The van der Waals surface area contributed by atoms with Gasteiger partial charge in [0, 0.05) is 12.1 Å². The van der Waals surface area contributed by atoms with Gasteiger partial charge in [-0.2, -0.15) is 5.26 Å². The number of halogens is 2. The van der Waals surface area contributed by atoms with Gasteiger partial charge in [0.1, 0.15) is 11.6 Å². The highest BCUT2D eigenvalue weighted by Gasteiger charge is 2.06. The van der Waals surface area contributed by atoms with E-state index in [9.17, 15) is 8.78 Å². The zero-order valence-corrected chi connectivity index (χ0v) is 11.7. The van der Waals surface area contributed by atoms with Gasteiger partial charge in [-0.3, -0.25) is 0 Å². The van der Waals surface area contributed by atoms with Crippen molar-refractivity contribution in [2.75, 3.05) is 6.54 Å². The Hall–Kier alpha value is -2.25. The molecule has 4 heteroatoms. The fourth-order valence-electron chi connectivity index (χ4n) is 2.18. The van der Waals surface area contributed by atoms with Gasteiger partial charge in [-0.05, 0) is 55.3 Å². The van der Waals surface area contributed by atoms with Crippen molar-refractivity contribution in [1.29, 1.82) is 5.26 Å². The highest BCUT2D eigenvalue weighted by atomic mass is 19.1. The summed E-state index contributed by atoms with van der Waals surface area (Å²) in [6, 6.07) is 13.1. The summed E-state index contributed by atoms with van der Waals surface area (Å²) in [5.41, 5.74) is 2.26. The van der Waals surface area contributed by atoms with Crippen molar-refractivity contribution >= 4 is 0 Å². The molecule has 2 aromatic carbocycles. The standard InChI is InChI=1S/C17H16F2N2/c1-12(15-4-2-3-14(7-15)11-20)21-6-5-13-8-16(18)10-17(19)9-13/h2-4,7-10,12,21H,5-6H2,1H3. The molecule has 0 aromatic heterocycles. The van der Waals surface area contributed by atoms with Crippen LogP contribution in [-0.2, 0) is 6.42 Å². The van der Waals surface area contributed by atoms with Gasteiger partial charge in [-0.25, -0.2) is 8.78 Å². The molecule has 0 saturated carbocycles. The van der Waals surface area contributed by atoms with Crippen LogP contribution in [0.2, 0.25) is 0 Å². The molecule has 0 radical (unpaired) electrons. The first-order valence-corrected chi connectivity index (χ1v) is 6.77. The Balaban J connectivity index is 1.92. The lowest BCUT2D eigenvalue weighted by Gasteiger charge is -2.14. The van der Waals surface area contributed by atoms with Crippen molar-refractivity contribution in [2.24, 2.45) is 0 Å². The minimum absolute atomic E-state index is 0.0664. The highest BCUT2D eigenvalue weighted by molar-refractivity contribution is 5.34. The Bertz CT molecular complexity index is 642. The van der Waals surface area contributed by atoms with Crippen LogP contribution in [0.3, 0.4) is 0 Å². The summed E-state index contributed by atoms with van der Waals surface area (Å²) < 4.78 is 26.1.